The minimum Gasteiger partial charge on any atom is -0.454 e. The molecule has 144 valence electrons. The summed E-state index contributed by atoms with van der Waals surface area (Å²) < 4.78 is 16.4. The van der Waals surface area contributed by atoms with E-state index in [1.54, 1.807) is 0 Å². The summed E-state index contributed by atoms with van der Waals surface area (Å²) in [5.41, 5.74) is 1.53. The number of likely N-dealkylation sites (tertiary alicyclic amines) is 1. The fourth-order valence-corrected chi connectivity index (χ4v) is 3.43. The number of benzene rings is 1. The molecule has 0 spiro atoms. The molecule has 1 fully saturated rings. The molecule has 0 atom stereocenters. The number of carbonyl (C=O) groups excluding carboxylic acids is 1. The van der Waals surface area contributed by atoms with Gasteiger partial charge in [-0.2, -0.15) is 0 Å². The van der Waals surface area contributed by atoms with E-state index in [0.717, 1.165) is 49.5 Å². The van der Waals surface area contributed by atoms with Crippen LogP contribution in [0.3, 0.4) is 0 Å². The summed E-state index contributed by atoms with van der Waals surface area (Å²) in [6.07, 6.45) is 3.61. The number of carbonyl (C=O) groups is 1. The second kappa shape index (κ2) is 7.60. The Bertz CT molecular complexity index is 811. The van der Waals surface area contributed by atoms with Gasteiger partial charge in [0.15, 0.2) is 17.2 Å². The number of ether oxygens (including phenoxy) is 2. The van der Waals surface area contributed by atoms with Crippen molar-refractivity contribution in [2.75, 3.05) is 19.9 Å². The lowest BCUT2D eigenvalue weighted by atomic mass is 10.1. The van der Waals surface area contributed by atoms with Crippen molar-refractivity contribution in [1.29, 1.82) is 0 Å². The van der Waals surface area contributed by atoms with Gasteiger partial charge in [0.05, 0.1) is 6.54 Å². The molecule has 1 aromatic heterocycles. The number of hydrogen-bond acceptors (Lipinski definition) is 6. The number of fused-ring (bicyclic) bond motifs is 1. The number of aromatic nitrogens is 1. The average molecular weight is 371 g/mol. The van der Waals surface area contributed by atoms with Crippen molar-refractivity contribution in [3.05, 3.63) is 41.6 Å². The van der Waals surface area contributed by atoms with Crippen LogP contribution in [-0.2, 0) is 13.1 Å². The molecule has 1 aromatic carbocycles. The van der Waals surface area contributed by atoms with Gasteiger partial charge in [-0.15, -0.1) is 0 Å². The van der Waals surface area contributed by atoms with E-state index in [2.05, 4.69) is 23.7 Å². The van der Waals surface area contributed by atoms with Gasteiger partial charge in [0.1, 0.15) is 6.26 Å². The summed E-state index contributed by atoms with van der Waals surface area (Å²) in [4.78, 5) is 21.0. The molecule has 1 saturated heterocycles. The molecule has 0 unspecified atom stereocenters. The van der Waals surface area contributed by atoms with E-state index in [0.29, 0.717) is 24.2 Å². The van der Waals surface area contributed by atoms with Crippen LogP contribution in [0.1, 0.15) is 48.6 Å². The first-order chi connectivity index (χ1) is 13.1. The normalized spacial score (nSPS) is 15.9. The van der Waals surface area contributed by atoms with E-state index >= 15 is 0 Å². The maximum Gasteiger partial charge on any atom is 0.275 e. The zero-order valence-corrected chi connectivity index (χ0v) is 15.8. The Balaban J connectivity index is 1.43. The van der Waals surface area contributed by atoms with E-state index in [1.807, 2.05) is 23.1 Å². The number of amides is 1. The van der Waals surface area contributed by atoms with Gasteiger partial charge >= 0.3 is 0 Å². The van der Waals surface area contributed by atoms with Crippen LogP contribution in [0.25, 0.3) is 0 Å². The monoisotopic (exact) mass is 371 g/mol. The molecule has 0 radical (unpaired) electrons. The topological polar surface area (TPSA) is 68.0 Å². The minimum atomic E-state index is -0.0330. The zero-order chi connectivity index (χ0) is 18.8. The molecule has 4 rings (SSSR count). The number of nitrogens with zero attached hydrogens (tertiary/aromatic N) is 3. The van der Waals surface area contributed by atoms with Crippen LogP contribution in [-0.4, -0.2) is 46.6 Å². The lowest BCUT2D eigenvalue weighted by Crippen LogP contribution is -2.30. The van der Waals surface area contributed by atoms with Crippen LogP contribution < -0.4 is 9.47 Å². The molecule has 3 heterocycles. The third kappa shape index (κ3) is 3.93. The van der Waals surface area contributed by atoms with Gasteiger partial charge in [-0.25, -0.2) is 4.98 Å². The summed E-state index contributed by atoms with van der Waals surface area (Å²) >= 11 is 0. The third-order valence-corrected chi connectivity index (χ3v) is 5.06. The second-order valence-electron chi connectivity index (χ2n) is 7.31. The standard InChI is InChI=1S/C20H25N3O4/c1-14(2)23(10-15-5-6-17-18(9-15)27-13-26-17)11-19-21-16(12-25-19)20(24)22-7-3-4-8-22/h5-6,9,12,14H,3-4,7-8,10-11,13H2,1-2H3. The first-order valence-electron chi connectivity index (χ1n) is 9.46. The lowest BCUT2D eigenvalue weighted by Gasteiger charge is -2.25. The average Bonchev–Trinajstić information content (AvgIpc) is 3.41. The highest BCUT2D eigenvalue weighted by molar-refractivity contribution is 5.92. The Morgan fingerprint density at radius 3 is 2.74 bits per heavy atom. The molecule has 0 saturated carbocycles. The molecule has 2 aliphatic rings. The smallest absolute Gasteiger partial charge is 0.275 e. The predicted molar refractivity (Wildman–Crippen MR) is 98.6 cm³/mol. The van der Waals surface area contributed by atoms with Gasteiger partial charge in [-0.3, -0.25) is 9.69 Å². The highest BCUT2D eigenvalue weighted by Gasteiger charge is 2.23. The van der Waals surface area contributed by atoms with Crippen LogP contribution in [0.4, 0.5) is 0 Å². The van der Waals surface area contributed by atoms with Crippen molar-refractivity contribution >= 4 is 5.91 Å². The molecular formula is C20H25N3O4. The Morgan fingerprint density at radius 1 is 1.19 bits per heavy atom. The van der Waals surface area contributed by atoms with Gasteiger partial charge in [0.2, 0.25) is 12.7 Å². The highest BCUT2D eigenvalue weighted by Crippen LogP contribution is 2.33. The Morgan fingerprint density at radius 2 is 1.96 bits per heavy atom. The molecule has 2 aromatic rings. The van der Waals surface area contributed by atoms with Crippen molar-refractivity contribution in [2.45, 2.75) is 45.8 Å². The Labute approximate surface area is 158 Å². The molecule has 2 aliphatic heterocycles. The Hall–Kier alpha value is -2.54. The van der Waals surface area contributed by atoms with Gasteiger partial charge in [-0.05, 0) is 44.4 Å². The number of oxazole rings is 1. The minimum absolute atomic E-state index is 0.0330. The SMILES string of the molecule is CC(C)N(Cc1ccc2c(c1)OCO2)Cc1nc(C(=O)N2CCCC2)co1. The van der Waals surface area contributed by atoms with Gasteiger partial charge < -0.3 is 18.8 Å². The summed E-state index contributed by atoms with van der Waals surface area (Å²) in [7, 11) is 0. The van der Waals surface area contributed by atoms with Gasteiger partial charge in [0, 0.05) is 25.7 Å². The molecule has 7 nitrogen and oxygen atoms in total. The van der Waals surface area contributed by atoms with E-state index < -0.39 is 0 Å². The van der Waals surface area contributed by atoms with Gasteiger partial charge in [-0.1, -0.05) is 6.07 Å². The van der Waals surface area contributed by atoms with Crippen LogP contribution >= 0.6 is 0 Å². The van der Waals surface area contributed by atoms with Crippen molar-refractivity contribution in [1.82, 2.24) is 14.8 Å². The van der Waals surface area contributed by atoms with Crippen molar-refractivity contribution < 1.29 is 18.7 Å². The molecule has 0 aliphatic carbocycles. The van der Waals surface area contributed by atoms with Crippen LogP contribution in [0.5, 0.6) is 11.5 Å². The van der Waals surface area contributed by atoms with Crippen molar-refractivity contribution in [3.63, 3.8) is 0 Å². The molecule has 27 heavy (non-hydrogen) atoms. The number of hydrogen-bond donors (Lipinski definition) is 0. The predicted octanol–water partition coefficient (Wildman–Crippen LogP) is 3.05. The molecule has 1 amide bonds. The number of rotatable bonds is 6. The fraction of sp³-hybridized carbons (Fsp3) is 0.500. The summed E-state index contributed by atoms with van der Waals surface area (Å²) in [5.74, 6) is 2.10. The molecule has 0 bridgehead atoms. The molecule has 7 heteroatoms. The first kappa shape index (κ1) is 17.9. The van der Waals surface area contributed by atoms with Crippen molar-refractivity contribution in [2.24, 2.45) is 0 Å². The lowest BCUT2D eigenvalue weighted by molar-refractivity contribution is 0.0787. The molecular weight excluding hydrogens is 346 g/mol. The van der Waals surface area contributed by atoms with Crippen LogP contribution in [0.2, 0.25) is 0 Å². The van der Waals surface area contributed by atoms with E-state index in [9.17, 15) is 4.79 Å². The van der Waals surface area contributed by atoms with Gasteiger partial charge in [0.25, 0.3) is 5.91 Å². The third-order valence-electron chi connectivity index (χ3n) is 5.06. The van der Waals surface area contributed by atoms with E-state index in [4.69, 9.17) is 13.9 Å². The van der Waals surface area contributed by atoms with E-state index in [-0.39, 0.29) is 12.7 Å². The highest BCUT2D eigenvalue weighted by atomic mass is 16.7. The van der Waals surface area contributed by atoms with E-state index in [1.165, 1.54) is 6.26 Å². The van der Waals surface area contributed by atoms with Crippen LogP contribution in [0.15, 0.2) is 28.9 Å². The maximum absolute atomic E-state index is 12.4. The fourth-order valence-electron chi connectivity index (χ4n) is 3.43. The van der Waals surface area contributed by atoms with Crippen LogP contribution in [0, 0.1) is 0 Å². The summed E-state index contributed by atoms with van der Waals surface area (Å²) in [6, 6.07) is 6.28. The maximum atomic E-state index is 12.4. The first-order valence-corrected chi connectivity index (χ1v) is 9.46. The molecule has 0 N–H and O–H groups in total. The largest absolute Gasteiger partial charge is 0.454 e. The summed E-state index contributed by atoms with van der Waals surface area (Å²) in [5, 5.41) is 0. The quantitative estimate of drug-likeness (QED) is 0.777. The van der Waals surface area contributed by atoms with Crippen molar-refractivity contribution in [3.8, 4) is 11.5 Å². The zero-order valence-electron chi connectivity index (χ0n) is 15.8. The summed E-state index contributed by atoms with van der Waals surface area (Å²) in [6.45, 7) is 7.42. The second-order valence-corrected chi connectivity index (χ2v) is 7.31. The Kier molecular flexibility index (Phi) is 5.03.